The highest BCUT2D eigenvalue weighted by molar-refractivity contribution is 6.31. The first kappa shape index (κ1) is 21.7. The number of benzene rings is 1. The van der Waals surface area contributed by atoms with Gasteiger partial charge in [0.05, 0.1) is 12.2 Å². The van der Waals surface area contributed by atoms with E-state index in [-0.39, 0.29) is 42.0 Å². The maximum absolute atomic E-state index is 13.8. The lowest BCUT2D eigenvalue weighted by atomic mass is 10.2. The zero-order valence-electron chi connectivity index (χ0n) is 16.2. The quantitative estimate of drug-likeness (QED) is 0.567. The molecular weight excluding hydrogens is 420 g/mol. The van der Waals surface area contributed by atoms with Gasteiger partial charge in [-0.05, 0) is 25.1 Å². The standard InChI is InChI=1S/C20H18ClF2N3O4/c1-12-7-17(30-10-13-3-4-14(22)8-16(13)23)19(21)20(28)25(12)9-15-5-6-26(24-15)18(27)11-29-2/h3-8H,9-11H2,1-2H3. The molecule has 2 aromatic heterocycles. The first-order valence-electron chi connectivity index (χ1n) is 8.83. The number of rotatable bonds is 7. The molecule has 0 N–H and O–H groups in total. The smallest absolute Gasteiger partial charge is 0.273 e. The zero-order chi connectivity index (χ0) is 21.8. The first-order valence-corrected chi connectivity index (χ1v) is 9.21. The predicted octanol–water partition coefficient (Wildman–Crippen LogP) is 3.20. The van der Waals surface area contributed by atoms with Crippen molar-refractivity contribution in [2.45, 2.75) is 20.1 Å². The summed E-state index contributed by atoms with van der Waals surface area (Å²) in [5.41, 5.74) is 0.601. The van der Waals surface area contributed by atoms with Crippen LogP contribution < -0.4 is 10.3 Å². The third-order valence-corrected chi connectivity index (χ3v) is 4.65. The molecule has 3 rings (SSSR count). The Hall–Kier alpha value is -3.04. The summed E-state index contributed by atoms with van der Waals surface area (Å²) >= 11 is 6.16. The SMILES string of the molecule is COCC(=O)n1ccc(Cn2c(C)cc(OCc3ccc(F)cc3F)c(Cl)c2=O)n1. The number of nitrogens with zero attached hydrogens (tertiary/aromatic N) is 3. The summed E-state index contributed by atoms with van der Waals surface area (Å²) in [7, 11) is 1.40. The van der Waals surface area contributed by atoms with E-state index in [1.165, 1.54) is 30.0 Å². The van der Waals surface area contributed by atoms with E-state index in [0.29, 0.717) is 11.4 Å². The van der Waals surface area contributed by atoms with Crippen LogP contribution in [-0.4, -0.2) is 34.0 Å². The molecule has 158 valence electrons. The highest BCUT2D eigenvalue weighted by Crippen LogP contribution is 2.24. The van der Waals surface area contributed by atoms with Crippen LogP contribution in [0.1, 0.15) is 21.7 Å². The third-order valence-electron chi connectivity index (χ3n) is 4.30. The Morgan fingerprint density at radius 2 is 2.00 bits per heavy atom. The second kappa shape index (κ2) is 9.19. The van der Waals surface area contributed by atoms with Crippen molar-refractivity contribution < 1.29 is 23.0 Å². The number of hydrogen-bond acceptors (Lipinski definition) is 5. The summed E-state index contributed by atoms with van der Waals surface area (Å²) in [5, 5.41) is 3.95. The van der Waals surface area contributed by atoms with Crippen molar-refractivity contribution in [2.24, 2.45) is 0 Å². The van der Waals surface area contributed by atoms with E-state index >= 15 is 0 Å². The minimum absolute atomic E-state index is 0.0833. The number of carbonyl (C=O) groups is 1. The highest BCUT2D eigenvalue weighted by atomic mass is 35.5. The van der Waals surface area contributed by atoms with Gasteiger partial charge in [-0.25, -0.2) is 13.5 Å². The van der Waals surface area contributed by atoms with Gasteiger partial charge in [-0.2, -0.15) is 5.10 Å². The molecule has 0 saturated heterocycles. The Morgan fingerprint density at radius 3 is 2.70 bits per heavy atom. The van der Waals surface area contributed by atoms with Gasteiger partial charge in [0.2, 0.25) is 0 Å². The van der Waals surface area contributed by atoms with E-state index in [0.717, 1.165) is 16.8 Å². The Labute approximate surface area is 175 Å². The second-order valence-electron chi connectivity index (χ2n) is 6.46. The Bertz CT molecular complexity index is 1140. The lowest BCUT2D eigenvalue weighted by Crippen LogP contribution is -2.24. The summed E-state index contributed by atoms with van der Waals surface area (Å²) in [4.78, 5) is 24.5. The normalized spacial score (nSPS) is 11.0. The minimum Gasteiger partial charge on any atom is -0.487 e. The highest BCUT2D eigenvalue weighted by Gasteiger charge is 2.15. The number of halogens is 3. The van der Waals surface area contributed by atoms with Crippen molar-refractivity contribution in [1.29, 1.82) is 0 Å². The molecular formula is C20H18ClF2N3O4. The molecule has 0 fully saturated rings. The van der Waals surface area contributed by atoms with Gasteiger partial charge in [0.25, 0.3) is 11.5 Å². The van der Waals surface area contributed by atoms with Crippen LogP contribution in [0.4, 0.5) is 8.78 Å². The van der Waals surface area contributed by atoms with Crippen LogP contribution in [0, 0.1) is 18.6 Å². The van der Waals surface area contributed by atoms with Crippen molar-refractivity contribution in [3.8, 4) is 5.75 Å². The van der Waals surface area contributed by atoms with Crippen LogP contribution in [0.15, 0.2) is 41.3 Å². The van der Waals surface area contributed by atoms with Crippen molar-refractivity contribution in [3.63, 3.8) is 0 Å². The molecule has 1 aromatic carbocycles. The van der Waals surface area contributed by atoms with E-state index in [2.05, 4.69) is 5.10 Å². The number of aryl methyl sites for hydroxylation is 1. The number of aromatic nitrogens is 3. The summed E-state index contributed by atoms with van der Waals surface area (Å²) in [6, 6.07) is 6.27. The monoisotopic (exact) mass is 437 g/mol. The van der Waals surface area contributed by atoms with Gasteiger partial charge in [-0.3, -0.25) is 9.59 Å². The molecule has 10 heteroatoms. The van der Waals surface area contributed by atoms with Gasteiger partial charge >= 0.3 is 0 Å². The Balaban J connectivity index is 1.79. The lowest BCUT2D eigenvalue weighted by Gasteiger charge is -2.14. The van der Waals surface area contributed by atoms with Crippen molar-refractivity contribution in [1.82, 2.24) is 14.3 Å². The summed E-state index contributed by atoms with van der Waals surface area (Å²) in [5.74, 6) is -1.71. The van der Waals surface area contributed by atoms with Gasteiger partial charge < -0.3 is 14.0 Å². The molecule has 0 aliphatic carbocycles. The molecule has 0 unspecified atom stereocenters. The molecule has 0 spiro atoms. The molecule has 0 aliphatic heterocycles. The number of carbonyl (C=O) groups excluding carboxylic acids is 1. The number of pyridine rings is 1. The largest absolute Gasteiger partial charge is 0.487 e. The van der Waals surface area contributed by atoms with Gasteiger partial charge in [0.15, 0.2) is 0 Å². The van der Waals surface area contributed by atoms with E-state index in [1.54, 1.807) is 13.0 Å². The van der Waals surface area contributed by atoms with Crippen LogP contribution in [0.2, 0.25) is 5.02 Å². The van der Waals surface area contributed by atoms with Crippen molar-refractivity contribution >= 4 is 17.5 Å². The second-order valence-corrected chi connectivity index (χ2v) is 6.84. The Kier molecular flexibility index (Phi) is 6.63. The topological polar surface area (TPSA) is 75.3 Å². The number of ether oxygens (including phenoxy) is 2. The fraction of sp³-hybridized carbons (Fsp3) is 0.250. The summed E-state index contributed by atoms with van der Waals surface area (Å²) in [6.07, 6.45) is 1.48. The minimum atomic E-state index is -0.755. The fourth-order valence-corrected chi connectivity index (χ4v) is 2.96. The van der Waals surface area contributed by atoms with Gasteiger partial charge in [0.1, 0.15) is 35.6 Å². The average Bonchev–Trinajstić information content (AvgIpc) is 3.17. The molecule has 0 amide bonds. The van der Waals surface area contributed by atoms with Crippen molar-refractivity contribution in [2.75, 3.05) is 13.7 Å². The summed E-state index contributed by atoms with van der Waals surface area (Å²) in [6.45, 7) is 1.42. The Morgan fingerprint density at radius 1 is 1.23 bits per heavy atom. The summed E-state index contributed by atoms with van der Waals surface area (Å²) < 4.78 is 39.6. The average molecular weight is 438 g/mol. The van der Waals surface area contributed by atoms with E-state index in [1.807, 2.05) is 0 Å². The molecule has 0 bridgehead atoms. The number of hydrogen-bond donors (Lipinski definition) is 0. The maximum Gasteiger partial charge on any atom is 0.273 e. The zero-order valence-corrected chi connectivity index (χ0v) is 16.9. The molecule has 0 aliphatic rings. The van der Waals surface area contributed by atoms with Crippen LogP contribution >= 0.6 is 11.6 Å². The molecule has 0 atom stereocenters. The van der Waals surface area contributed by atoms with E-state index in [9.17, 15) is 18.4 Å². The lowest BCUT2D eigenvalue weighted by molar-refractivity contribution is 0.0744. The van der Waals surface area contributed by atoms with Gasteiger partial charge in [0, 0.05) is 36.7 Å². The van der Waals surface area contributed by atoms with Crippen LogP contribution in [0.5, 0.6) is 5.75 Å². The third kappa shape index (κ3) is 4.74. The molecule has 0 radical (unpaired) electrons. The van der Waals surface area contributed by atoms with Crippen molar-refractivity contribution in [3.05, 3.63) is 80.5 Å². The maximum atomic E-state index is 13.8. The predicted molar refractivity (Wildman–Crippen MR) is 105 cm³/mol. The molecule has 30 heavy (non-hydrogen) atoms. The molecule has 2 heterocycles. The van der Waals surface area contributed by atoms with E-state index < -0.39 is 17.2 Å². The van der Waals surface area contributed by atoms with Crippen LogP contribution in [0.25, 0.3) is 0 Å². The van der Waals surface area contributed by atoms with Gasteiger partial charge in [-0.1, -0.05) is 11.6 Å². The molecule has 7 nitrogen and oxygen atoms in total. The number of methoxy groups -OCH3 is 1. The van der Waals surface area contributed by atoms with Gasteiger partial charge in [-0.15, -0.1) is 0 Å². The van der Waals surface area contributed by atoms with Crippen LogP contribution in [0.3, 0.4) is 0 Å². The molecule has 3 aromatic rings. The molecule has 0 saturated carbocycles. The van der Waals surface area contributed by atoms with E-state index in [4.69, 9.17) is 21.1 Å². The van der Waals surface area contributed by atoms with Crippen LogP contribution in [-0.2, 0) is 17.9 Å². The fourth-order valence-electron chi connectivity index (χ4n) is 2.75. The first-order chi connectivity index (χ1) is 14.3.